The van der Waals surface area contributed by atoms with Gasteiger partial charge in [-0.2, -0.15) is 48.3 Å². The van der Waals surface area contributed by atoms with Crippen molar-refractivity contribution in [2.24, 2.45) is 0 Å². The summed E-state index contributed by atoms with van der Waals surface area (Å²) >= 11 is 0. The molecule has 0 fully saturated rings. The molecule has 0 aromatic carbocycles. The average molecular weight is 789 g/mol. The monoisotopic (exact) mass is 789 g/mol. The minimum Gasteiger partial charge on any atom is -0.267 e. The van der Waals surface area contributed by atoms with Crippen LogP contribution in [0.1, 0.15) is 0 Å². The largest absolute Gasteiger partial charge is 0.559 e. The number of hydrogen-bond acceptors (Lipinski definition) is 5. The second kappa shape index (κ2) is 27.6. The van der Waals surface area contributed by atoms with Crippen LogP contribution in [0.2, 0.25) is 0 Å². The number of sulfonamides is 1. The van der Waals surface area contributed by atoms with Crippen LogP contribution in [-0.2, 0) is 24.7 Å². The van der Waals surface area contributed by atoms with E-state index in [1.807, 2.05) is 0 Å². The van der Waals surface area contributed by atoms with Crippen molar-refractivity contribution in [3.8, 4) is 0 Å². The summed E-state index contributed by atoms with van der Waals surface area (Å²) in [6, 6.07) is -2.29. The van der Waals surface area contributed by atoms with E-state index in [9.17, 15) is 128 Å². The van der Waals surface area contributed by atoms with E-state index < -0.39 is 92.7 Å². The van der Waals surface area contributed by atoms with Gasteiger partial charge in [-0.25, -0.2) is 52.7 Å². The van der Waals surface area contributed by atoms with Crippen molar-refractivity contribution < 1.29 is 138 Å². The Morgan fingerprint density at radius 2 is 0.804 bits per heavy atom. The molecule has 0 aliphatic rings. The van der Waals surface area contributed by atoms with Crippen molar-refractivity contribution >= 4 is 15.9 Å². The second-order valence-corrected chi connectivity index (χ2v) is 6.89. The quantitative estimate of drug-likeness (QED) is 0.275. The van der Waals surface area contributed by atoms with Gasteiger partial charge in [0.15, 0.2) is 13.3 Å². The molecular formula is C13H13F26NO5S. The number of alkyl halides is 24. The van der Waals surface area contributed by atoms with E-state index in [1.165, 1.54) is 0 Å². The number of halogens is 26. The molecule has 2 unspecified atom stereocenters. The van der Waals surface area contributed by atoms with Crippen molar-refractivity contribution in [2.45, 2.75) is 36.7 Å². The molecular weight excluding hydrogens is 776 g/mol. The van der Waals surface area contributed by atoms with Gasteiger partial charge in [-0.15, -0.1) is 27.4 Å². The lowest BCUT2D eigenvalue weighted by molar-refractivity contribution is -0.404. The molecule has 6 nitrogen and oxygen atoms in total. The third-order valence-electron chi connectivity index (χ3n) is 2.02. The van der Waals surface area contributed by atoms with Gasteiger partial charge in [0.2, 0.25) is 26.8 Å². The zero-order chi connectivity index (χ0) is 39.4. The topological polar surface area (TPSA) is 81.7 Å². The molecule has 0 aliphatic heterocycles. The summed E-state index contributed by atoms with van der Waals surface area (Å²) in [6.07, 6.45) is -22.0. The lowest BCUT2D eigenvalue weighted by Crippen LogP contribution is -2.55. The Balaban J connectivity index is -0.0000000867. The summed E-state index contributed by atoms with van der Waals surface area (Å²) in [6.45, 7) is -10.1. The third kappa shape index (κ3) is 39.5. The summed E-state index contributed by atoms with van der Waals surface area (Å²) in [7, 11) is -5.13. The number of carbonyl (C=O) groups is 1. The highest BCUT2D eigenvalue weighted by atomic mass is 32.2. The zero-order valence-electron chi connectivity index (χ0n) is 20.5. The van der Waals surface area contributed by atoms with Crippen LogP contribution < -0.4 is 4.72 Å². The van der Waals surface area contributed by atoms with Gasteiger partial charge >= 0.3 is 42.6 Å². The summed E-state index contributed by atoms with van der Waals surface area (Å²) in [5.41, 5.74) is 0. The van der Waals surface area contributed by atoms with E-state index in [-0.39, 0.29) is 0 Å². The van der Waals surface area contributed by atoms with E-state index in [4.69, 9.17) is 0 Å². The van der Waals surface area contributed by atoms with E-state index in [1.54, 1.807) is 9.88 Å². The van der Waals surface area contributed by atoms with Crippen LogP contribution in [0.5, 0.6) is 0 Å². The lowest BCUT2D eigenvalue weighted by atomic mass is 10.3. The molecule has 0 saturated carbocycles. The molecule has 0 saturated heterocycles. The SMILES string of the molecule is FC(F)(F)F.FCC(F)(F)F.FCC(F)(OF)C(F)(F)F.FCF.FCF.FCF.O=C(NS(=O)(=O)CF)C(F)(OF)C(F)(F)F. The first kappa shape index (κ1) is 59.0. The molecule has 46 heavy (non-hydrogen) atoms. The molecule has 0 aromatic rings. The van der Waals surface area contributed by atoms with E-state index in [0.717, 1.165) is 0 Å². The van der Waals surface area contributed by atoms with Gasteiger partial charge in [0, 0.05) is 0 Å². The van der Waals surface area contributed by atoms with E-state index in [2.05, 4.69) is 0 Å². The predicted octanol–water partition coefficient (Wildman–Crippen LogP) is 8.22. The van der Waals surface area contributed by atoms with Crippen LogP contribution in [0.15, 0.2) is 0 Å². The van der Waals surface area contributed by atoms with Crippen LogP contribution in [-0.4, -0.2) is 91.1 Å². The van der Waals surface area contributed by atoms with Gasteiger partial charge in [-0.3, -0.25) is 4.79 Å². The normalized spacial score (nSPS) is 13.9. The lowest BCUT2D eigenvalue weighted by Gasteiger charge is -2.21. The Hall–Kier alpha value is -2.48. The molecule has 0 rings (SSSR count). The molecule has 0 heterocycles. The highest BCUT2D eigenvalue weighted by Gasteiger charge is 2.66. The van der Waals surface area contributed by atoms with Crippen molar-refractivity contribution in [3.63, 3.8) is 0 Å². The molecule has 0 bridgehead atoms. The second-order valence-electron chi connectivity index (χ2n) is 5.24. The fourth-order valence-electron chi connectivity index (χ4n) is 0.582. The standard InChI is InChI=1S/C4H3F6NO4S.C3H2F6O.C2H2F4.CF4.3CH2F2/c5-1-16(13,14)11-2(12)3(6,15-10)4(7,8)9;4-1-2(5,10-9)3(6,7)8;3-1-2(4,5)6;2-1(3,4)5;3*2-1-3/h1H2,(H,11,12);1H2;1H2;;3*1H2. The maximum Gasteiger partial charge on any atom is 0.559 e. The van der Waals surface area contributed by atoms with Crippen molar-refractivity contribution in [1.82, 2.24) is 4.72 Å². The number of nitrogens with one attached hydrogen (secondary N) is 1. The van der Waals surface area contributed by atoms with Crippen molar-refractivity contribution in [2.75, 3.05) is 40.1 Å². The Kier molecular flexibility index (Phi) is 35.4. The summed E-state index contributed by atoms with van der Waals surface area (Å²) in [5.74, 6) is -13.4. The summed E-state index contributed by atoms with van der Waals surface area (Å²) in [4.78, 5) is 13.9. The van der Waals surface area contributed by atoms with Crippen LogP contribution in [0, 0.1) is 0 Å². The third-order valence-corrected chi connectivity index (χ3v) is 2.81. The Bertz CT molecular complexity index is 785. The number of amides is 1. The fraction of sp³-hybridized carbons (Fsp3) is 0.923. The first-order valence-electron chi connectivity index (χ1n) is 8.69. The summed E-state index contributed by atoms with van der Waals surface area (Å²) in [5, 5.41) is 0. The molecule has 0 aliphatic carbocycles. The number of carbonyl (C=O) groups excluding carboxylic acids is 1. The van der Waals surface area contributed by atoms with Gasteiger partial charge in [-0.05, 0) is 9.05 Å². The van der Waals surface area contributed by atoms with Gasteiger partial charge in [0.1, 0.15) is 0 Å². The van der Waals surface area contributed by atoms with Gasteiger partial charge in [0.25, 0.3) is 10.0 Å². The number of hydrogen-bond donors (Lipinski definition) is 1. The molecule has 2 atom stereocenters. The zero-order valence-corrected chi connectivity index (χ0v) is 21.3. The molecule has 0 spiro atoms. The minimum atomic E-state index is -6.17. The van der Waals surface area contributed by atoms with Gasteiger partial charge in [-0.1, -0.05) is 0 Å². The van der Waals surface area contributed by atoms with E-state index in [0.29, 0.717) is 4.72 Å². The van der Waals surface area contributed by atoms with Crippen LogP contribution in [0.3, 0.4) is 0 Å². The molecule has 0 radical (unpaired) electrons. The fourth-order valence-corrected chi connectivity index (χ4v) is 1.05. The molecule has 1 N–H and O–H groups in total. The molecule has 33 heteroatoms. The van der Waals surface area contributed by atoms with Gasteiger partial charge in [0.05, 0.1) is 0 Å². The molecule has 0 aromatic heterocycles. The van der Waals surface area contributed by atoms with Crippen molar-refractivity contribution in [3.05, 3.63) is 0 Å². The summed E-state index contributed by atoms with van der Waals surface area (Å²) < 4.78 is 296. The maximum absolute atomic E-state index is 12.6. The highest BCUT2D eigenvalue weighted by Crippen LogP contribution is 2.36. The smallest absolute Gasteiger partial charge is 0.267 e. The number of rotatable bonds is 6. The average Bonchev–Trinajstić information content (AvgIpc) is 2.86. The molecule has 1 amide bonds. The maximum atomic E-state index is 12.6. The van der Waals surface area contributed by atoms with Crippen molar-refractivity contribution in [1.29, 1.82) is 0 Å². The van der Waals surface area contributed by atoms with Crippen LogP contribution in [0.4, 0.5) is 114 Å². The first-order chi connectivity index (χ1) is 20.2. The predicted molar refractivity (Wildman–Crippen MR) is 93.6 cm³/mol. The van der Waals surface area contributed by atoms with Crippen LogP contribution in [0.25, 0.3) is 0 Å². The highest BCUT2D eigenvalue weighted by molar-refractivity contribution is 7.89. The Labute approximate surface area is 236 Å². The first-order valence-corrected chi connectivity index (χ1v) is 10.3. The van der Waals surface area contributed by atoms with Crippen LogP contribution >= 0.6 is 0 Å². The Morgan fingerprint density at radius 1 is 0.543 bits per heavy atom. The Morgan fingerprint density at radius 3 is 0.891 bits per heavy atom. The molecule has 288 valence electrons. The minimum absolute atomic E-state index is 0.302. The van der Waals surface area contributed by atoms with E-state index >= 15 is 0 Å². The van der Waals surface area contributed by atoms with Gasteiger partial charge < -0.3 is 0 Å².